The molecule has 5 heteroatoms. The van der Waals surface area contributed by atoms with Gasteiger partial charge in [-0.2, -0.15) is 0 Å². The molecule has 1 atom stereocenters. The Kier molecular flexibility index (Phi) is 4.57. The monoisotopic (exact) mass is 316 g/mol. The number of rotatable bonds is 5. The third-order valence-corrected chi connectivity index (χ3v) is 4.67. The van der Waals surface area contributed by atoms with Crippen molar-refractivity contribution in [3.8, 4) is 11.5 Å². The molecular formula is C18H24N2O3. The van der Waals surface area contributed by atoms with Crippen LogP contribution < -0.4 is 4.74 Å². The topological polar surface area (TPSA) is 58.7 Å². The molecule has 1 fully saturated rings. The molecule has 1 aromatic heterocycles. The van der Waals surface area contributed by atoms with Crippen molar-refractivity contribution in [2.24, 2.45) is 0 Å². The number of methoxy groups -OCH3 is 1. The quantitative estimate of drug-likeness (QED) is 0.913. The average Bonchev–Trinajstić information content (AvgIpc) is 3.14. The van der Waals surface area contributed by atoms with E-state index in [4.69, 9.17) is 9.26 Å². The number of phenolic OH excluding ortho intramolecular Hbond substituents is 1. The van der Waals surface area contributed by atoms with E-state index in [0.29, 0.717) is 18.3 Å². The Hall–Kier alpha value is -2.01. The predicted octanol–water partition coefficient (Wildman–Crippen LogP) is 3.60. The molecular weight excluding hydrogens is 292 g/mol. The summed E-state index contributed by atoms with van der Waals surface area (Å²) < 4.78 is 10.6. The zero-order chi connectivity index (χ0) is 16.4. The molecule has 1 aliphatic heterocycles. The van der Waals surface area contributed by atoms with Gasteiger partial charge in [0.1, 0.15) is 17.3 Å². The summed E-state index contributed by atoms with van der Waals surface area (Å²) in [7, 11) is 1.60. The molecule has 1 aliphatic rings. The van der Waals surface area contributed by atoms with Crippen LogP contribution in [0.4, 0.5) is 0 Å². The smallest absolute Gasteiger partial charge is 0.141 e. The number of benzene rings is 1. The summed E-state index contributed by atoms with van der Waals surface area (Å²) in [6, 6.07) is 5.81. The number of ether oxygens (including phenoxy) is 1. The Balaban J connectivity index is 1.83. The maximum atomic E-state index is 10.2. The van der Waals surface area contributed by atoms with E-state index >= 15 is 0 Å². The van der Waals surface area contributed by atoms with E-state index in [1.807, 2.05) is 19.1 Å². The van der Waals surface area contributed by atoms with Crippen LogP contribution in [0.25, 0.3) is 0 Å². The molecule has 1 N–H and O–H groups in total. The zero-order valence-electron chi connectivity index (χ0n) is 14.0. The summed E-state index contributed by atoms with van der Waals surface area (Å²) in [6.07, 6.45) is 3.11. The minimum atomic E-state index is 0.285. The van der Waals surface area contributed by atoms with Gasteiger partial charge in [0.2, 0.25) is 0 Å². The van der Waals surface area contributed by atoms with Crippen molar-refractivity contribution in [2.45, 2.75) is 45.7 Å². The van der Waals surface area contributed by atoms with E-state index in [2.05, 4.69) is 17.0 Å². The number of aromatic nitrogens is 1. The first-order valence-corrected chi connectivity index (χ1v) is 8.19. The summed E-state index contributed by atoms with van der Waals surface area (Å²) in [5.74, 6) is 1.94. The second-order valence-corrected chi connectivity index (χ2v) is 6.08. The highest BCUT2D eigenvalue weighted by Crippen LogP contribution is 2.38. The van der Waals surface area contributed by atoms with Gasteiger partial charge in [0, 0.05) is 36.2 Å². The van der Waals surface area contributed by atoms with E-state index in [9.17, 15) is 5.11 Å². The first kappa shape index (κ1) is 15.9. The number of aromatic hydroxyl groups is 1. The van der Waals surface area contributed by atoms with Gasteiger partial charge in [-0.1, -0.05) is 18.1 Å². The lowest BCUT2D eigenvalue weighted by atomic mass is 10.0. The summed E-state index contributed by atoms with van der Waals surface area (Å²) in [5.41, 5.74) is 3.14. The molecule has 1 aromatic carbocycles. The van der Waals surface area contributed by atoms with Gasteiger partial charge in [0.05, 0.1) is 12.8 Å². The molecule has 0 spiro atoms. The summed E-state index contributed by atoms with van der Waals surface area (Å²) >= 11 is 0. The van der Waals surface area contributed by atoms with Gasteiger partial charge in [-0.05, 0) is 32.4 Å². The van der Waals surface area contributed by atoms with Gasteiger partial charge in [-0.15, -0.1) is 0 Å². The lowest BCUT2D eigenvalue weighted by Crippen LogP contribution is -2.23. The molecule has 0 bridgehead atoms. The number of nitrogens with zero attached hydrogens (tertiary/aromatic N) is 2. The number of aryl methyl sites for hydroxylation is 2. The van der Waals surface area contributed by atoms with Crippen molar-refractivity contribution < 1.29 is 14.4 Å². The van der Waals surface area contributed by atoms with Gasteiger partial charge < -0.3 is 14.4 Å². The largest absolute Gasteiger partial charge is 0.507 e. The number of likely N-dealkylation sites (tertiary alicyclic amines) is 1. The van der Waals surface area contributed by atoms with Gasteiger partial charge in [-0.25, -0.2) is 0 Å². The third kappa shape index (κ3) is 3.06. The lowest BCUT2D eigenvalue weighted by Gasteiger charge is -2.25. The second-order valence-electron chi connectivity index (χ2n) is 6.08. The number of hydrogen-bond donors (Lipinski definition) is 1. The van der Waals surface area contributed by atoms with Crippen molar-refractivity contribution >= 4 is 0 Å². The van der Waals surface area contributed by atoms with Crippen LogP contribution in [0.3, 0.4) is 0 Å². The third-order valence-electron chi connectivity index (χ3n) is 4.67. The van der Waals surface area contributed by atoms with Crippen molar-refractivity contribution in [3.05, 3.63) is 40.8 Å². The normalized spacial score (nSPS) is 18.5. The fraction of sp³-hybridized carbons (Fsp3) is 0.500. The van der Waals surface area contributed by atoms with E-state index < -0.39 is 0 Å². The minimum absolute atomic E-state index is 0.285. The summed E-state index contributed by atoms with van der Waals surface area (Å²) in [6.45, 7) is 5.84. The summed E-state index contributed by atoms with van der Waals surface area (Å²) in [5, 5.41) is 14.4. The molecule has 2 heterocycles. The molecule has 3 rings (SSSR count). The number of hydrogen-bond acceptors (Lipinski definition) is 5. The average molecular weight is 316 g/mol. The fourth-order valence-electron chi connectivity index (χ4n) is 3.47. The molecule has 23 heavy (non-hydrogen) atoms. The highest BCUT2D eigenvalue weighted by atomic mass is 16.5. The van der Waals surface area contributed by atoms with E-state index in [1.54, 1.807) is 13.2 Å². The van der Waals surface area contributed by atoms with Gasteiger partial charge >= 0.3 is 0 Å². The minimum Gasteiger partial charge on any atom is -0.507 e. The lowest BCUT2D eigenvalue weighted by molar-refractivity contribution is 0.241. The van der Waals surface area contributed by atoms with Crippen LogP contribution in [0.15, 0.2) is 22.7 Å². The molecule has 2 aromatic rings. The van der Waals surface area contributed by atoms with Crippen molar-refractivity contribution in [1.82, 2.24) is 10.1 Å². The van der Waals surface area contributed by atoms with Crippen molar-refractivity contribution in [2.75, 3.05) is 13.7 Å². The molecule has 1 unspecified atom stereocenters. The van der Waals surface area contributed by atoms with Crippen molar-refractivity contribution in [1.29, 1.82) is 0 Å². The first-order chi connectivity index (χ1) is 11.1. The standard InChI is InChI=1S/C18H24N2O3/c1-4-17-18(12(2)19-23-17)15-6-5-9-20(15)11-13-7-8-14(22-3)10-16(13)21/h7-8,10,15,21H,4-6,9,11H2,1-3H3. The van der Waals surface area contributed by atoms with Crippen LogP contribution in [-0.2, 0) is 13.0 Å². The Morgan fingerprint density at radius 3 is 2.96 bits per heavy atom. The molecule has 0 aliphatic carbocycles. The van der Waals surface area contributed by atoms with Crippen LogP contribution in [0, 0.1) is 6.92 Å². The highest BCUT2D eigenvalue weighted by Gasteiger charge is 2.31. The SMILES string of the molecule is CCc1onc(C)c1C1CCCN1Cc1ccc(OC)cc1O. The Labute approximate surface area is 136 Å². The fourth-order valence-corrected chi connectivity index (χ4v) is 3.47. The van der Waals surface area contributed by atoms with E-state index in [0.717, 1.165) is 42.8 Å². The Bertz CT molecular complexity index is 681. The van der Waals surface area contributed by atoms with Gasteiger partial charge in [0.15, 0.2) is 0 Å². The zero-order valence-corrected chi connectivity index (χ0v) is 14.0. The van der Waals surface area contributed by atoms with Crippen LogP contribution in [0.5, 0.6) is 11.5 Å². The molecule has 1 saturated heterocycles. The molecule has 0 saturated carbocycles. The van der Waals surface area contributed by atoms with Gasteiger partial charge in [-0.3, -0.25) is 4.90 Å². The second kappa shape index (κ2) is 6.62. The van der Waals surface area contributed by atoms with Crippen LogP contribution >= 0.6 is 0 Å². The molecule has 0 radical (unpaired) electrons. The molecule has 5 nitrogen and oxygen atoms in total. The Morgan fingerprint density at radius 1 is 1.43 bits per heavy atom. The Morgan fingerprint density at radius 2 is 2.26 bits per heavy atom. The molecule has 0 amide bonds. The first-order valence-electron chi connectivity index (χ1n) is 8.19. The summed E-state index contributed by atoms with van der Waals surface area (Å²) in [4.78, 5) is 2.40. The van der Waals surface area contributed by atoms with Crippen LogP contribution in [0.2, 0.25) is 0 Å². The maximum Gasteiger partial charge on any atom is 0.141 e. The number of phenols is 1. The molecule has 124 valence electrons. The van der Waals surface area contributed by atoms with Crippen molar-refractivity contribution in [3.63, 3.8) is 0 Å². The predicted molar refractivity (Wildman–Crippen MR) is 87.7 cm³/mol. The van der Waals surface area contributed by atoms with E-state index in [-0.39, 0.29) is 5.75 Å². The van der Waals surface area contributed by atoms with Gasteiger partial charge in [0.25, 0.3) is 0 Å². The van der Waals surface area contributed by atoms with Crippen LogP contribution in [0.1, 0.15) is 48.4 Å². The highest BCUT2D eigenvalue weighted by molar-refractivity contribution is 5.40. The maximum absolute atomic E-state index is 10.2. The van der Waals surface area contributed by atoms with E-state index in [1.165, 1.54) is 5.56 Å². The van der Waals surface area contributed by atoms with Crippen LogP contribution in [-0.4, -0.2) is 28.8 Å².